The summed E-state index contributed by atoms with van der Waals surface area (Å²) in [5.41, 5.74) is 1.83. The van der Waals surface area contributed by atoms with Gasteiger partial charge in [0.05, 0.1) is 16.2 Å². The van der Waals surface area contributed by atoms with Crippen LogP contribution in [0.5, 0.6) is 0 Å². The van der Waals surface area contributed by atoms with Crippen LogP contribution in [0.3, 0.4) is 0 Å². The van der Waals surface area contributed by atoms with Crippen LogP contribution in [0.2, 0.25) is 0 Å². The second-order valence-corrected chi connectivity index (χ2v) is 8.52. The van der Waals surface area contributed by atoms with Crippen molar-refractivity contribution in [2.45, 2.75) is 69.1 Å². The highest BCUT2D eigenvalue weighted by Gasteiger charge is 2.39. The largest absolute Gasteiger partial charge is 0.392 e. The summed E-state index contributed by atoms with van der Waals surface area (Å²) < 4.78 is 25.8. The topological polar surface area (TPSA) is 54.4 Å². The Labute approximate surface area is 128 Å². The van der Waals surface area contributed by atoms with Crippen LogP contribution in [0.1, 0.15) is 50.2 Å². The third kappa shape index (κ3) is 3.49. The van der Waals surface area contributed by atoms with Crippen molar-refractivity contribution in [3.63, 3.8) is 0 Å². The molecular weight excluding hydrogens is 284 g/mol. The number of hydrogen-bond acceptors (Lipinski definition) is 3. The highest BCUT2D eigenvalue weighted by Crippen LogP contribution is 2.35. The molecule has 0 heterocycles. The first-order valence-corrected chi connectivity index (χ1v) is 9.40. The van der Waals surface area contributed by atoms with Crippen LogP contribution < -0.4 is 0 Å². The van der Waals surface area contributed by atoms with Crippen molar-refractivity contribution in [3.8, 4) is 0 Å². The summed E-state index contributed by atoms with van der Waals surface area (Å²) in [5, 5.41) is 9.57. The second kappa shape index (κ2) is 6.49. The highest BCUT2D eigenvalue weighted by atomic mass is 32.2. The minimum Gasteiger partial charge on any atom is -0.392 e. The Balaban J connectivity index is 2.32. The molecule has 21 heavy (non-hydrogen) atoms. The van der Waals surface area contributed by atoms with Crippen LogP contribution in [0.15, 0.2) is 23.1 Å². The van der Waals surface area contributed by atoms with Gasteiger partial charge in [-0.05, 0) is 50.7 Å². The minimum absolute atomic E-state index is 0.384. The maximum atomic E-state index is 12.9. The Morgan fingerprint density at radius 3 is 2.57 bits per heavy atom. The van der Waals surface area contributed by atoms with E-state index in [0.29, 0.717) is 23.7 Å². The van der Waals surface area contributed by atoms with Gasteiger partial charge in [-0.2, -0.15) is 0 Å². The number of sulfone groups is 1. The molecule has 1 fully saturated rings. The zero-order chi connectivity index (χ0) is 15.6. The van der Waals surface area contributed by atoms with Crippen LogP contribution in [-0.4, -0.2) is 24.9 Å². The molecule has 0 radical (unpaired) electrons. The van der Waals surface area contributed by atoms with E-state index in [-0.39, 0.29) is 0 Å². The lowest BCUT2D eigenvalue weighted by Crippen LogP contribution is -2.40. The summed E-state index contributed by atoms with van der Waals surface area (Å²) in [6.07, 6.45) is 3.50. The van der Waals surface area contributed by atoms with Crippen molar-refractivity contribution in [2.75, 3.05) is 0 Å². The van der Waals surface area contributed by atoms with Crippen molar-refractivity contribution in [1.29, 1.82) is 0 Å². The van der Waals surface area contributed by atoms with Gasteiger partial charge in [-0.25, -0.2) is 8.42 Å². The van der Waals surface area contributed by atoms with Gasteiger partial charge in [0, 0.05) is 0 Å². The molecular formula is C17H26O3S. The van der Waals surface area contributed by atoms with E-state index >= 15 is 0 Å². The molecule has 118 valence electrons. The summed E-state index contributed by atoms with van der Waals surface area (Å²) >= 11 is 0. The lowest BCUT2D eigenvalue weighted by Gasteiger charge is -2.33. The minimum atomic E-state index is -3.46. The van der Waals surface area contributed by atoms with E-state index in [1.165, 1.54) is 0 Å². The van der Waals surface area contributed by atoms with E-state index in [1.54, 1.807) is 6.07 Å². The fourth-order valence-corrected chi connectivity index (χ4v) is 5.65. The SMILES string of the molecule is CCCC1CCC(O)C(S(=O)(=O)c2ccc(C)cc2C)C1. The maximum Gasteiger partial charge on any atom is 0.184 e. The van der Waals surface area contributed by atoms with Crippen molar-refractivity contribution in [1.82, 2.24) is 0 Å². The number of aliphatic hydroxyl groups excluding tert-OH is 1. The zero-order valence-corrected chi connectivity index (χ0v) is 14.0. The van der Waals surface area contributed by atoms with Crippen LogP contribution in [0.4, 0.5) is 0 Å². The molecule has 0 aromatic heterocycles. The third-order valence-electron chi connectivity index (χ3n) is 4.60. The highest BCUT2D eigenvalue weighted by molar-refractivity contribution is 7.92. The molecule has 0 amide bonds. The number of aryl methyl sites for hydroxylation is 2. The van der Waals surface area contributed by atoms with Crippen molar-refractivity contribution in [2.24, 2.45) is 5.92 Å². The molecule has 0 saturated heterocycles. The molecule has 3 atom stereocenters. The predicted octanol–water partition coefficient (Wildman–Crippen LogP) is 3.41. The standard InChI is InChI=1S/C17H26O3S/c1-4-5-14-7-8-15(18)17(11-14)21(19,20)16-9-6-12(2)10-13(16)3/h6,9-10,14-15,17-18H,4-5,7-8,11H2,1-3H3. The number of rotatable bonds is 4. The Morgan fingerprint density at radius 2 is 1.95 bits per heavy atom. The second-order valence-electron chi connectivity index (χ2n) is 6.39. The summed E-state index contributed by atoms with van der Waals surface area (Å²) in [6, 6.07) is 5.42. The van der Waals surface area contributed by atoms with Gasteiger partial charge in [0.1, 0.15) is 0 Å². The van der Waals surface area contributed by atoms with E-state index in [4.69, 9.17) is 0 Å². The Kier molecular flexibility index (Phi) is 5.10. The van der Waals surface area contributed by atoms with Gasteiger partial charge in [-0.3, -0.25) is 0 Å². The van der Waals surface area contributed by atoms with Gasteiger partial charge < -0.3 is 5.11 Å². The van der Waals surface area contributed by atoms with Gasteiger partial charge in [0.25, 0.3) is 0 Å². The molecule has 1 aliphatic rings. The quantitative estimate of drug-likeness (QED) is 0.927. The predicted molar refractivity (Wildman–Crippen MR) is 85.1 cm³/mol. The monoisotopic (exact) mass is 310 g/mol. The Hall–Kier alpha value is -0.870. The summed E-state index contributed by atoms with van der Waals surface area (Å²) in [6.45, 7) is 5.91. The molecule has 0 spiro atoms. The van der Waals surface area contributed by atoms with E-state index in [0.717, 1.165) is 30.4 Å². The first-order valence-electron chi connectivity index (χ1n) is 7.85. The van der Waals surface area contributed by atoms with Crippen LogP contribution in [0, 0.1) is 19.8 Å². The van der Waals surface area contributed by atoms with Crippen molar-refractivity contribution in [3.05, 3.63) is 29.3 Å². The van der Waals surface area contributed by atoms with E-state index in [2.05, 4.69) is 6.92 Å². The number of hydrogen-bond donors (Lipinski definition) is 1. The Bertz CT molecular complexity index is 592. The zero-order valence-electron chi connectivity index (χ0n) is 13.2. The first-order chi connectivity index (χ1) is 9.86. The molecule has 2 rings (SSSR count). The fourth-order valence-electron chi connectivity index (χ4n) is 3.48. The normalized spacial score (nSPS) is 26.8. The summed E-state index contributed by atoms with van der Waals surface area (Å²) in [5.74, 6) is 0.420. The number of benzene rings is 1. The molecule has 1 N–H and O–H groups in total. The molecule has 1 aromatic carbocycles. The Morgan fingerprint density at radius 1 is 1.24 bits per heavy atom. The average molecular weight is 310 g/mol. The molecule has 1 aliphatic carbocycles. The molecule has 1 aromatic rings. The average Bonchev–Trinajstić information content (AvgIpc) is 2.40. The van der Waals surface area contributed by atoms with E-state index < -0.39 is 21.2 Å². The van der Waals surface area contributed by atoms with Gasteiger partial charge in [-0.1, -0.05) is 37.5 Å². The molecule has 3 unspecified atom stereocenters. The van der Waals surface area contributed by atoms with Gasteiger partial charge in [-0.15, -0.1) is 0 Å². The molecule has 4 heteroatoms. The molecule has 0 bridgehead atoms. The van der Waals surface area contributed by atoms with Crippen LogP contribution in [0.25, 0.3) is 0 Å². The summed E-state index contributed by atoms with van der Waals surface area (Å²) in [7, 11) is -3.46. The molecule has 0 aliphatic heterocycles. The first kappa shape index (κ1) is 16.5. The summed E-state index contributed by atoms with van der Waals surface area (Å²) in [4.78, 5) is 0.384. The van der Waals surface area contributed by atoms with Gasteiger partial charge in [0.15, 0.2) is 9.84 Å². The van der Waals surface area contributed by atoms with Gasteiger partial charge >= 0.3 is 0 Å². The van der Waals surface area contributed by atoms with Crippen molar-refractivity contribution >= 4 is 9.84 Å². The molecule has 3 nitrogen and oxygen atoms in total. The van der Waals surface area contributed by atoms with E-state index in [9.17, 15) is 13.5 Å². The van der Waals surface area contributed by atoms with E-state index in [1.807, 2.05) is 26.0 Å². The van der Waals surface area contributed by atoms with Crippen molar-refractivity contribution < 1.29 is 13.5 Å². The third-order valence-corrected chi connectivity index (χ3v) is 6.97. The maximum absolute atomic E-state index is 12.9. The lowest BCUT2D eigenvalue weighted by atomic mass is 9.84. The fraction of sp³-hybridized carbons (Fsp3) is 0.647. The smallest absolute Gasteiger partial charge is 0.184 e. The van der Waals surface area contributed by atoms with Crippen LogP contribution in [-0.2, 0) is 9.84 Å². The number of aliphatic hydroxyl groups is 1. The lowest BCUT2D eigenvalue weighted by molar-refractivity contribution is 0.109. The van der Waals surface area contributed by atoms with Crippen LogP contribution >= 0.6 is 0 Å². The van der Waals surface area contributed by atoms with Gasteiger partial charge in [0.2, 0.25) is 0 Å². The molecule has 1 saturated carbocycles.